The zero-order valence-electron chi connectivity index (χ0n) is 30.2. The Morgan fingerprint density at radius 2 is 1.69 bits per heavy atom. The number of nitrogen functional groups attached to an aromatic ring is 1. The molecule has 15 atom stereocenters. The second-order valence-corrected chi connectivity index (χ2v) is 16.6. The van der Waals surface area contributed by atoms with Gasteiger partial charge in [-0.2, -0.15) is 0 Å². The number of ether oxygens (including phenoxy) is 1. The fourth-order valence-corrected chi connectivity index (χ4v) is 9.18. The number of urea groups is 1. The van der Waals surface area contributed by atoms with Crippen LogP contribution in [0, 0.1) is 11.8 Å². The van der Waals surface area contributed by atoms with Gasteiger partial charge in [0.25, 0.3) is 15.6 Å². The van der Waals surface area contributed by atoms with E-state index in [0.717, 1.165) is 6.33 Å². The van der Waals surface area contributed by atoms with E-state index in [0.29, 0.717) is 18.8 Å². The second-order valence-electron chi connectivity index (χ2n) is 13.7. The third-order valence-corrected chi connectivity index (χ3v) is 12.7. The number of phosphoric acid groups is 2. The molecule has 6 rings (SSSR count). The van der Waals surface area contributed by atoms with E-state index in [9.17, 15) is 54.0 Å². The first-order chi connectivity index (χ1) is 24.9. The Morgan fingerprint density at radius 3 is 2.40 bits per heavy atom. The van der Waals surface area contributed by atoms with Crippen LogP contribution in [0.1, 0.15) is 32.9 Å². The number of imide groups is 1. The zero-order valence-corrected chi connectivity index (χ0v) is 36.0. The molecule has 3 aliphatic heterocycles. The molecule has 0 aromatic carbocycles. The van der Waals surface area contributed by atoms with Gasteiger partial charge in [-0.25, -0.2) is 24.1 Å². The Hall–Kier alpha value is -0.770. The molecule has 4 fully saturated rings. The van der Waals surface area contributed by atoms with Crippen LogP contribution in [0.2, 0.25) is 0 Å². The molecular weight excluding hydrogens is 798 g/mol. The molecule has 5 heterocycles. The van der Waals surface area contributed by atoms with Crippen LogP contribution in [0.5, 0.6) is 0 Å². The second kappa shape index (κ2) is 18.7. The summed E-state index contributed by atoms with van der Waals surface area (Å²) in [6.45, 7) is 1.46. The van der Waals surface area contributed by atoms with E-state index in [2.05, 4.69) is 51.2 Å². The van der Waals surface area contributed by atoms with Crippen molar-refractivity contribution < 1.29 is 131 Å². The molecular formula is C27H41N9Na2O15P2. The number of amides is 3. The molecule has 0 radical (unpaired) electrons. The summed E-state index contributed by atoms with van der Waals surface area (Å²) in [4.78, 5) is 63.1. The number of phosphoric ester groups is 2. The van der Waals surface area contributed by atoms with E-state index >= 15 is 0 Å². The van der Waals surface area contributed by atoms with E-state index < -0.39 is 95.9 Å². The average molecular weight is 840 g/mol. The summed E-state index contributed by atoms with van der Waals surface area (Å²) in [5, 5.41) is 61.3. The van der Waals surface area contributed by atoms with E-state index in [1.807, 2.05) is 6.92 Å². The van der Waals surface area contributed by atoms with E-state index in [1.165, 1.54) is 10.9 Å². The number of carbonyl (C=O) groups is 2. The smallest absolute Gasteiger partial charge is 0.756 e. The van der Waals surface area contributed by atoms with Crippen LogP contribution in [0.3, 0.4) is 0 Å². The summed E-state index contributed by atoms with van der Waals surface area (Å²) in [7, 11) is -11.6. The van der Waals surface area contributed by atoms with Crippen LogP contribution in [0.4, 0.5) is 10.6 Å². The summed E-state index contributed by atoms with van der Waals surface area (Å²) in [6.07, 6.45) is -9.48. The van der Waals surface area contributed by atoms with Crippen molar-refractivity contribution in [2.24, 2.45) is 11.8 Å². The molecule has 2 aromatic rings. The van der Waals surface area contributed by atoms with E-state index in [1.54, 1.807) is 4.90 Å². The molecule has 24 nitrogen and oxygen atoms in total. The van der Waals surface area contributed by atoms with Gasteiger partial charge >= 0.3 is 65.1 Å². The van der Waals surface area contributed by atoms with E-state index in [4.69, 9.17) is 10.5 Å². The first-order valence-electron chi connectivity index (χ1n) is 16.6. The van der Waals surface area contributed by atoms with Crippen LogP contribution in [-0.2, 0) is 32.0 Å². The number of piperazine rings is 1. The molecule has 1 saturated carbocycles. The molecule has 3 amide bonds. The van der Waals surface area contributed by atoms with Crippen molar-refractivity contribution in [1.29, 1.82) is 0 Å². The first kappa shape index (κ1) is 46.9. The van der Waals surface area contributed by atoms with Crippen molar-refractivity contribution in [2.75, 3.05) is 25.5 Å². The number of nitrogens with one attached hydrogen (secondary N) is 3. The molecule has 55 heavy (non-hydrogen) atoms. The summed E-state index contributed by atoms with van der Waals surface area (Å²) in [5.74, 6) is -0.0279. The minimum absolute atomic E-state index is 0. The Bertz CT molecular complexity index is 1790. The molecule has 0 bridgehead atoms. The number of hydrogen-bond donors (Lipinski definition) is 9. The fraction of sp³-hybridized carbons (Fsp3) is 0.741. The van der Waals surface area contributed by atoms with Crippen LogP contribution in [-0.4, -0.2) is 143 Å². The standard InChI is InChI=1S/C27H43N9O15P2.2Na/c1-10-3-12-13(4-11(10)2)35(24-18(32-12)25(42)34-27(43)33-24)5-14(37)19(39)15(38)6-48-52(44,45)51-53(46,47)49-7-16-20(40)21(41)26(50-16)36-9-31-17-22(28)29-8-30-23(17)36;;/h8-16,18-21,24,26,32,37-41H,3-7H2,1-2H3,(H,44,45)(H,46,47)(H2,28,29,30)(H2,33,34,42,43);;/q;2*+1/p-2/t10?,11?,12?,13?,14-,15+,16+,18?,19-,20+,21+,24?,26+;;/m0../s1. The predicted octanol–water partition coefficient (Wildman–Crippen LogP) is -10.7. The number of fused-ring (bicyclic) bond motifs is 3. The molecule has 3 saturated heterocycles. The van der Waals surface area contributed by atoms with Gasteiger partial charge in [0.05, 0.1) is 25.6 Å². The number of carbonyl (C=O) groups excluding carboxylic acids is 2. The fourth-order valence-electron chi connectivity index (χ4n) is 7.16. The third-order valence-electron chi connectivity index (χ3n) is 10.2. The van der Waals surface area contributed by atoms with Crippen molar-refractivity contribution in [3.05, 3.63) is 12.7 Å². The Labute approximate surface area is 357 Å². The normalized spacial score (nSPS) is 34.7. The van der Waals surface area contributed by atoms with Crippen molar-refractivity contribution in [3.8, 4) is 0 Å². The van der Waals surface area contributed by atoms with Gasteiger partial charge in [-0.15, -0.1) is 0 Å². The van der Waals surface area contributed by atoms with E-state index in [-0.39, 0.29) is 101 Å². The number of hydrogen-bond acceptors (Lipinski definition) is 21. The molecule has 2 aromatic heterocycles. The van der Waals surface area contributed by atoms with Crippen LogP contribution in [0.25, 0.3) is 11.2 Å². The third kappa shape index (κ3) is 10.3. The largest absolute Gasteiger partial charge is 1.00 e. The van der Waals surface area contributed by atoms with Gasteiger partial charge < -0.3 is 60.2 Å². The Kier molecular flexibility index (Phi) is 15.9. The van der Waals surface area contributed by atoms with Crippen molar-refractivity contribution in [3.63, 3.8) is 0 Å². The van der Waals surface area contributed by atoms with Crippen LogP contribution in [0.15, 0.2) is 12.7 Å². The monoisotopic (exact) mass is 839 g/mol. The maximum atomic E-state index is 12.7. The summed E-state index contributed by atoms with van der Waals surface area (Å²) in [6, 6.07) is -2.15. The molecule has 1 aliphatic carbocycles. The number of aliphatic hydroxyl groups excluding tert-OH is 5. The molecule has 8 unspecified atom stereocenters. The number of β-amino-alcohol motifs (C(OH)–C–C–N with tert-alkyl or cyclic N) is 1. The quantitative estimate of drug-likeness (QED) is 0.0668. The van der Waals surface area contributed by atoms with Gasteiger partial charge in [0.15, 0.2) is 17.7 Å². The maximum Gasteiger partial charge on any atom is 1.00 e. The predicted molar refractivity (Wildman–Crippen MR) is 171 cm³/mol. The van der Waals surface area contributed by atoms with Crippen molar-refractivity contribution >= 4 is 44.6 Å². The minimum atomic E-state index is -5.82. The van der Waals surface area contributed by atoms with Crippen LogP contribution >= 0.6 is 15.6 Å². The Morgan fingerprint density at radius 1 is 1.02 bits per heavy atom. The molecule has 0 spiro atoms. The number of rotatable bonds is 13. The summed E-state index contributed by atoms with van der Waals surface area (Å²) >= 11 is 0. The van der Waals surface area contributed by atoms with Gasteiger partial charge in [0, 0.05) is 18.6 Å². The van der Waals surface area contributed by atoms with Gasteiger partial charge in [-0.3, -0.25) is 34.0 Å². The summed E-state index contributed by atoms with van der Waals surface area (Å²) < 4.78 is 44.6. The topological polar surface area (TPSA) is 361 Å². The molecule has 4 aliphatic rings. The van der Waals surface area contributed by atoms with Gasteiger partial charge in [-0.1, -0.05) is 13.8 Å². The maximum absolute atomic E-state index is 12.7. The van der Waals surface area contributed by atoms with Crippen molar-refractivity contribution in [1.82, 2.24) is 40.4 Å². The number of nitrogens with two attached hydrogens (primary N) is 1. The SMILES string of the molecule is CC1CC2NC3C(=O)NC(=O)NC3N(C[C@H](O)[C@H](O)[C@H](O)COP(=O)([O-])OP(=O)([O-])OC[C@H]3O[C@@H](n4cnc5c(N)ncnc54)[C@H](O)[C@@H]3O)C2CC1C.[Na+].[Na+]. The van der Waals surface area contributed by atoms with Crippen LogP contribution < -0.4 is 90.6 Å². The molecule has 10 N–H and O–H groups in total. The number of imidazole rings is 1. The first-order valence-corrected chi connectivity index (χ1v) is 19.5. The zero-order chi connectivity index (χ0) is 38.6. The minimum Gasteiger partial charge on any atom is -0.756 e. The van der Waals surface area contributed by atoms with Gasteiger partial charge in [0.1, 0.15) is 54.6 Å². The number of aliphatic hydroxyl groups is 5. The Balaban J connectivity index is 0.00000336. The summed E-state index contributed by atoms with van der Waals surface area (Å²) in [5.41, 5.74) is 6.05. The number of aromatic nitrogens is 4. The molecule has 28 heteroatoms. The van der Waals surface area contributed by atoms with Gasteiger partial charge in [0.2, 0.25) is 5.91 Å². The average Bonchev–Trinajstić information content (AvgIpc) is 3.63. The molecule has 296 valence electrons. The van der Waals surface area contributed by atoms with Gasteiger partial charge in [-0.05, 0) is 24.7 Å². The number of anilines is 1. The number of nitrogens with zero attached hydrogens (tertiary/aromatic N) is 5. The van der Waals surface area contributed by atoms with Crippen molar-refractivity contribution in [2.45, 2.75) is 93.8 Å².